The summed E-state index contributed by atoms with van der Waals surface area (Å²) in [5, 5.41) is 8.59. The fraction of sp³-hybridized carbons (Fsp3) is 0.300. The standard InChI is InChI=1S/C20H23N3O/c1-4-17(16-11-7-6-8-12-16)15(3)20(24-5-2)23-19-14-10-9-13-18(19)21-22-23/h6-14,17H,4-5H2,1-3H3/b20-15-. The second kappa shape index (κ2) is 7.30. The van der Waals surface area contributed by atoms with Gasteiger partial charge >= 0.3 is 0 Å². The lowest BCUT2D eigenvalue weighted by Gasteiger charge is -2.20. The molecule has 3 aromatic rings. The predicted molar refractivity (Wildman–Crippen MR) is 97.5 cm³/mol. The first-order valence-corrected chi connectivity index (χ1v) is 8.45. The zero-order valence-corrected chi connectivity index (χ0v) is 14.4. The summed E-state index contributed by atoms with van der Waals surface area (Å²) in [6.07, 6.45) is 0.999. The molecule has 0 spiro atoms. The largest absolute Gasteiger partial charge is 0.478 e. The van der Waals surface area contributed by atoms with Gasteiger partial charge in [0.05, 0.1) is 12.1 Å². The summed E-state index contributed by atoms with van der Waals surface area (Å²) in [6, 6.07) is 18.5. The first-order valence-electron chi connectivity index (χ1n) is 8.45. The Bertz CT molecular complexity index is 836. The number of hydrogen-bond acceptors (Lipinski definition) is 3. The Morgan fingerprint density at radius 2 is 1.75 bits per heavy atom. The molecule has 24 heavy (non-hydrogen) atoms. The molecule has 0 radical (unpaired) electrons. The molecule has 0 saturated carbocycles. The fourth-order valence-corrected chi connectivity index (χ4v) is 3.12. The van der Waals surface area contributed by atoms with Crippen LogP contribution < -0.4 is 0 Å². The molecule has 2 aromatic carbocycles. The molecule has 0 N–H and O–H groups in total. The number of aromatic nitrogens is 3. The average molecular weight is 321 g/mol. The molecule has 0 aliphatic heterocycles. The third-order valence-corrected chi connectivity index (χ3v) is 4.30. The van der Waals surface area contributed by atoms with Crippen LogP contribution >= 0.6 is 0 Å². The van der Waals surface area contributed by atoms with Crippen LogP contribution in [0.25, 0.3) is 16.9 Å². The van der Waals surface area contributed by atoms with E-state index in [0.717, 1.165) is 23.3 Å². The van der Waals surface area contributed by atoms with Gasteiger partial charge in [0.1, 0.15) is 5.52 Å². The number of fused-ring (bicyclic) bond motifs is 1. The SMILES string of the molecule is CCO/C(=C(/C)C(CC)c1ccccc1)n1nnc2ccccc21. The minimum absolute atomic E-state index is 0.288. The van der Waals surface area contributed by atoms with Gasteiger partial charge in [-0.1, -0.05) is 54.6 Å². The summed E-state index contributed by atoms with van der Waals surface area (Å²) in [7, 11) is 0. The van der Waals surface area contributed by atoms with Crippen molar-refractivity contribution in [1.29, 1.82) is 0 Å². The minimum atomic E-state index is 0.288. The average Bonchev–Trinajstić information content (AvgIpc) is 3.05. The van der Waals surface area contributed by atoms with Crippen LogP contribution in [0.3, 0.4) is 0 Å². The maximum absolute atomic E-state index is 6.00. The molecule has 1 aromatic heterocycles. The Morgan fingerprint density at radius 3 is 2.46 bits per heavy atom. The highest BCUT2D eigenvalue weighted by molar-refractivity contribution is 5.77. The molecule has 1 unspecified atom stereocenters. The van der Waals surface area contributed by atoms with E-state index in [4.69, 9.17) is 4.74 Å². The first-order chi connectivity index (χ1) is 11.8. The van der Waals surface area contributed by atoms with Gasteiger partial charge in [0.15, 0.2) is 0 Å². The lowest BCUT2D eigenvalue weighted by Crippen LogP contribution is -2.10. The van der Waals surface area contributed by atoms with Gasteiger partial charge in [0, 0.05) is 5.92 Å². The van der Waals surface area contributed by atoms with Crippen molar-refractivity contribution in [2.24, 2.45) is 0 Å². The van der Waals surface area contributed by atoms with Crippen LogP contribution in [0.2, 0.25) is 0 Å². The smallest absolute Gasteiger partial charge is 0.215 e. The van der Waals surface area contributed by atoms with Crippen molar-refractivity contribution in [3.8, 4) is 0 Å². The van der Waals surface area contributed by atoms with Crippen molar-refractivity contribution in [3.63, 3.8) is 0 Å². The fourth-order valence-electron chi connectivity index (χ4n) is 3.12. The highest BCUT2D eigenvalue weighted by Gasteiger charge is 2.19. The number of nitrogens with zero attached hydrogens (tertiary/aromatic N) is 3. The molecular weight excluding hydrogens is 298 g/mol. The van der Waals surface area contributed by atoms with Crippen molar-refractivity contribution in [2.75, 3.05) is 6.61 Å². The lowest BCUT2D eigenvalue weighted by molar-refractivity contribution is 0.268. The van der Waals surface area contributed by atoms with E-state index in [9.17, 15) is 0 Å². The summed E-state index contributed by atoms with van der Waals surface area (Å²) in [4.78, 5) is 0. The molecule has 124 valence electrons. The van der Waals surface area contributed by atoms with Crippen LogP contribution in [-0.2, 0) is 4.74 Å². The Balaban J connectivity index is 2.13. The van der Waals surface area contributed by atoms with Gasteiger partial charge < -0.3 is 4.74 Å². The molecule has 0 aliphatic rings. The van der Waals surface area contributed by atoms with E-state index < -0.39 is 0 Å². The van der Waals surface area contributed by atoms with E-state index in [1.165, 1.54) is 11.1 Å². The van der Waals surface area contributed by atoms with Crippen LogP contribution in [0.15, 0.2) is 60.2 Å². The van der Waals surface area contributed by atoms with Gasteiger partial charge in [-0.15, -0.1) is 5.10 Å². The first kappa shape index (κ1) is 16.2. The molecule has 0 amide bonds. The third-order valence-electron chi connectivity index (χ3n) is 4.30. The Hall–Kier alpha value is -2.62. The normalized spacial score (nSPS) is 13.6. The highest BCUT2D eigenvalue weighted by atomic mass is 16.5. The quantitative estimate of drug-likeness (QED) is 0.609. The van der Waals surface area contributed by atoms with Crippen LogP contribution in [-0.4, -0.2) is 21.6 Å². The summed E-state index contributed by atoms with van der Waals surface area (Å²) >= 11 is 0. The number of benzene rings is 2. The second-order valence-electron chi connectivity index (χ2n) is 5.78. The number of para-hydroxylation sites is 1. The molecule has 1 heterocycles. The Morgan fingerprint density at radius 1 is 1.04 bits per heavy atom. The summed E-state index contributed by atoms with van der Waals surface area (Å²) in [5.74, 6) is 1.07. The van der Waals surface area contributed by atoms with E-state index in [2.05, 4.69) is 48.4 Å². The molecule has 0 bridgehead atoms. The van der Waals surface area contributed by atoms with Crippen molar-refractivity contribution in [2.45, 2.75) is 33.1 Å². The second-order valence-corrected chi connectivity index (χ2v) is 5.78. The van der Waals surface area contributed by atoms with Crippen LogP contribution in [0, 0.1) is 0 Å². The number of rotatable bonds is 6. The number of hydrogen-bond donors (Lipinski definition) is 0. The van der Waals surface area contributed by atoms with Gasteiger partial charge in [-0.2, -0.15) is 4.68 Å². The highest BCUT2D eigenvalue weighted by Crippen LogP contribution is 2.32. The van der Waals surface area contributed by atoms with Crippen molar-refractivity contribution in [1.82, 2.24) is 15.0 Å². The molecule has 4 heteroatoms. The lowest BCUT2D eigenvalue weighted by atomic mass is 9.90. The minimum Gasteiger partial charge on any atom is -0.478 e. The zero-order valence-electron chi connectivity index (χ0n) is 14.4. The summed E-state index contributed by atoms with van der Waals surface area (Å²) in [5.41, 5.74) is 4.29. The Labute approximate surface area is 142 Å². The third kappa shape index (κ3) is 3.04. The summed E-state index contributed by atoms with van der Waals surface area (Å²) in [6.45, 7) is 6.91. The number of allylic oxidation sites excluding steroid dienone is 1. The van der Waals surface area contributed by atoms with Gasteiger partial charge in [-0.25, -0.2) is 0 Å². The van der Waals surface area contributed by atoms with E-state index >= 15 is 0 Å². The van der Waals surface area contributed by atoms with E-state index in [1.54, 1.807) is 0 Å². The molecule has 0 fully saturated rings. The molecule has 1 atom stereocenters. The molecule has 3 rings (SSSR count). The van der Waals surface area contributed by atoms with E-state index in [1.807, 2.05) is 41.9 Å². The van der Waals surface area contributed by atoms with Gasteiger partial charge in [-0.3, -0.25) is 0 Å². The zero-order chi connectivity index (χ0) is 16.9. The van der Waals surface area contributed by atoms with Crippen LogP contribution in [0.5, 0.6) is 0 Å². The topological polar surface area (TPSA) is 39.9 Å². The maximum Gasteiger partial charge on any atom is 0.215 e. The van der Waals surface area contributed by atoms with E-state index in [-0.39, 0.29) is 5.92 Å². The molecule has 4 nitrogen and oxygen atoms in total. The van der Waals surface area contributed by atoms with Crippen molar-refractivity contribution < 1.29 is 4.74 Å². The van der Waals surface area contributed by atoms with Gasteiger partial charge in [-0.05, 0) is 43.5 Å². The summed E-state index contributed by atoms with van der Waals surface area (Å²) < 4.78 is 7.82. The van der Waals surface area contributed by atoms with Crippen molar-refractivity contribution >= 4 is 16.9 Å². The monoisotopic (exact) mass is 321 g/mol. The Kier molecular flexibility index (Phi) is 4.94. The van der Waals surface area contributed by atoms with Gasteiger partial charge in [0.25, 0.3) is 0 Å². The number of ether oxygens (including phenoxy) is 1. The maximum atomic E-state index is 6.00. The van der Waals surface area contributed by atoms with Gasteiger partial charge in [0.2, 0.25) is 5.88 Å². The van der Waals surface area contributed by atoms with Crippen molar-refractivity contribution in [3.05, 3.63) is 65.7 Å². The van der Waals surface area contributed by atoms with E-state index in [0.29, 0.717) is 6.61 Å². The molecule has 0 aliphatic carbocycles. The predicted octanol–water partition coefficient (Wildman–Crippen LogP) is 4.85. The van der Waals surface area contributed by atoms with Crippen LogP contribution in [0.4, 0.5) is 0 Å². The van der Waals surface area contributed by atoms with Crippen LogP contribution in [0.1, 0.15) is 38.7 Å². The molecular formula is C20H23N3O. The molecule has 0 saturated heterocycles.